The number of rotatable bonds is 7. The molecule has 1 aromatic heterocycles. The standard InChI is InChI=1S/C21H22N6O2/c1-14(28)25-16-9-6-10-17(11-16)26-21-24-13-18(20(29)22-2)19(27-21)23-12-15-7-4-3-5-8-15/h3-11,13H,12H2,1-2H3,(H,22,29)(H,25,28)(H2,23,24,26,27). The van der Waals surface area contributed by atoms with Crippen molar-refractivity contribution in [3.8, 4) is 0 Å². The van der Waals surface area contributed by atoms with Gasteiger partial charge in [-0.1, -0.05) is 36.4 Å². The normalized spacial score (nSPS) is 10.1. The van der Waals surface area contributed by atoms with Crippen LogP contribution in [0.2, 0.25) is 0 Å². The Hall–Kier alpha value is -3.94. The van der Waals surface area contributed by atoms with E-state index in [1.807, 2.05) is 36.4 Å². The first-order chi connectivity index (χ1) is 14.0. The van der Waals surface area contributed by atoms with Crippen LogP contribution in [-0.4, -0.2) is 28.8 Å². The molecule has 3 rings (SSSR count). The molecular weight excluding hydrogens is 368 g/mol. The number of anilines is 4. The monoisotopic (exact) mass is 390 g/mol. The molecule has 3 aromatic rings. The van der Waals surface area contributed by atoms with Gasteiger partial charge in [-0.3, -0.25) is 9.59 Å². The molecule has 0 radical (unpaired) electrons. The zero-order chi connectivity index (χ0) is 20.6. The van der Waals surface area contributed by atoms with Crippen LogP contribution in [0.1, 0.15) is 22.8 Å². The lowest BCUT2D eigenvalue weighted by Crippen LogP contribution is -2.21. The van der Waals surface area contributed by atoms with E-state index in [4.69, 9.17) is 0 Å². The second-order valence-electron chi connectivity index (χ2n) is 6.26. The largest absolute Gasteiger partial charge is 0.365 e. The SMILES string of the molecule is CNC(=O)c1cnc(Nc2cccc(NC(C)=O)c2)nc1NCc1ccccc1. The van der Waals surface area contributed by atoms with Crippen LogP contribution in [0.25, 0.3) is 0 Å². The molecule has 0 spiro atoms. The molecular formula is C21H22N6O2. The number of hydrogen-bond acceptors (Lipinski definition) is 6. The fourth-order valence-corrected chi connectivity index (χ4v) is 2.67. The minimum absolute atomic E-state index is 0.152. The first kappa shape index (κ1) is 19.8. The fraction of sp³-hybridized carbons (Fsp3) is 0.143. The topological polar surface area (TPSA) is 108 Å². The fourth-order valence-electron chi connectivity index (χ4n) is 2.67. The molecule has 4 N–H and O–H groups in total. The minimum Gasteiger partial charge on any atom is -0.365 e. The van der Waals surface area contributed by atoms with E-state index in [1.54, 1.807) is 25.2 Å². The van der Waals surface area contributed by atoms with Gasteiger partial charge in [0, 0.05) is 38.1 Å². The molecule has 8 nitrogen and oxygen atoms in total. The Bertz CT molecular complexity index is 1010. The molecule has 1 heterocycles. The van der Waals surface area contributed by atoms with Crippen LogP contribution in [0, 0.1) is 0 Å². The highest BCUT2D eigenvalue weighted by Gasteiger charge is 2.14. The second kappa shape index (κ2) is 9.32. The van der Waals surface area contributed by atoms with Crippen LogP contribution in [-0.2, 0) is 11.3 Å². The van der Waals surface area contributed by atoms with E-state index < -0.39 is 0 Å². The van der Waals surface area contributed by atoms with Crippen molar-refractivity contribution in [1.29, 1.82) is 0 Å². The van der Waals surface area contributed by atoms with Gasteiger partial charge >= 0.3 is 0 Å². The van der Waals surface area contributed by atoms with Crippen molar-refractivity contribution in [2.45, 2.75) is 13.5 Å². The number of benzene rings is 2. The molecule has 0 aliphatic rings. The second-order valence-corrected chi connectivity index (χ2v) is 6.26. The van der Waals surface area contributed by atoms with Crippen molar-refractivity contribution in [1.82, 2.24) is 15.3 Å². The van der Waals surface area contributed by atoms with Gasteiger partial charge in [0.1, 0.15) is 11.4 Å². The maximum atomic E-state index is 12.2. The first-order valence-electron chi connectivity index (χ1n) is 9.07. The van der Waals surface area contributed by atoms with E-state index >= 15 is 0 Å². The Balaban J connectivity index is 1.82. The van der Waals surface area contributed by atoms with Crippen molar-refractivity contribution in [2.75, 3.05) is 23.0 Å². The first-order valence-corrected chi connectivity index (χ1v) is 9.07. The van der Waals surface area contributed by atoms with E-state index in [9.17, 15) is 9.59 Å². The van der Waals surface area contributed by atoms with Gasteiger partial charge in [0.05, 0.1) is 0 Å². The number of nitrogens with zero attached hydrogens (tertiary/aromatic N) is 2. The predicted octanol–water partition coefficient (Wildman–Crippen LogP) is 3.15. The molecule has 0 unspecified atom stereocenters. The van der Waals surface area contributed by atoms with Gasteiger partial charge in [-0.05, 0) is 23.8 Å². The Kier molecular flexibility index (Phi) is 6.36. The Morgan fingerprint density at radius 2 is 1.76 bits per heavy atom. The molecule has 8 heteroatoms. The van der Waals surface area contributed by atoms with Gasteiger partial charge in [-0.15, -0.1) is 0 Å². The van der Waals surface area contributed by atoms with Crippen LogP contribution in [0.4, 0.5) is 23.1 Å². The highest BCUT2D eigenvalue weighted by Crippen LogP contribution is 2.21. The van der Waals surface area contributed by atoms with Gasteiger partial charge in [0.15, 0.2) is 0 Å². The quantitative estimate of drug-likeness (QED) is 0.494. The van der Waals surface area contributed by atoms with Crippen LogP contribution in [0.3, 0.4) is 0 Å². The zero-order valence-corrected chi connectivity index (χ0v) is 16.2. The van der Waals surface area contributed by atoms with Crippen molar-refractivity contribution in [3.05, 3.63) is 71.9 Å². The minimum atomic E-state index is -0.278. The summed E-state index contributed by atoms with van der Waals surface area (Å²) in [5.41, 5.74) is 2.78. The molecule has 0 bridgehead atoms. The average molecular weight is 390 g/mol. The molecule has 29 heavy (non-hydrogen) atoms. The van der Waals surface area contributed by atoms with E-state index in [0.717, 1.165) is 5.56 Å². The zero-order valence-electron chi connectivity index (χ0n) is 16.2. The van der Waals surface area contributed by atoms with Crippen molar-refractivity contribution >= 4 is 35.0 Å². The summed E-state index contributed by atoms with van der Waals surface area (Å²) in [6.07, 6.45) is 1.47. The van der Waals surface area contributed by atoms with Gasteiger partial charge in [0.2, 0.25) is 11.9 Å². The van der Waals surface area contributed by atoms with E-state index in [-0.39, 0.29) is 11.8 Å². The number of nitrogens with one attached hydrogen (secondary N) is 4. The Labute approximate surface area is 168 Å². The van der Waals surface area contributed by atoms with Crippen molar-refractivity contribution < 1.29 is 9.59 Å². The van der Waals surface area contributed by atoms with Crippen molar-refractivity contribution in [3.63, 3.8) is 0 Å². The van der Waals surface area contributed by atoms with Gasteiger partial charge in [-0.25, -0.2) is 4.98 Å². The summed E-state index contributed by atoms with van der Waals surface area (Å²) in [7, 11) is 1.56. The number of hydrogen-bond donors (Lipinski definition) is 4. The van der Waals surface area contributed by atoms with E-state index in [1.165, 1.54) is 13.1 Å². The summed E-state index contributed by atoms with van der Waals surface area (Å²) in [6, 6.07) is 17.0. The molecule has 0 atom stereocenters. The molecule has 148 valence electrons. The lowest BCUT2D eigenvalue weighted by atomic mass is 10.2. The number of amides is 2. The number of carbonyl (C=O) groups is 2. The summed E-state index contributed by atoms with van der Waals surface area (Å²) in [5, 5.41) is 11.6. The molecule has 2 aromatic carbocycles. The lowest BCUT2D eigenvalue weighted by Gasteiger charge is -2.13. The molecule has 0 fully saturated rings. The van der Waals surface area contributed by atoms with E-state index in [2.05, 4.69) is 31.2 Å². The molecule has 0 aliphatic carbocycles. The summed E-state index contributed by atoms with van der Waals surface area (Å²) < 4.78 is 0. The van der Waals surface area contributed by atoms with Crippen LogP contribution in [0.5, 0.6) is 0 Å². The summed E-state index contributed by atoms with van der Waals surface area (Å²) in [6.45, 7) is 1.96. The van der Waals surface area contributed by atoms with Crippen molar-refractivity contribution in [2.24, 2.45) is 0 Å². The van der Waals surface area contributed by atoms with Crippen LogP contribution >= 0.6 is 0 Å². The number of aromatic nitrogens is 2. The third-order valence-corrected chi connectivity index (χ3v) is 4.00. The van der Waals surface area contributed by atoms with Crippen LogP contribution in [0.15, 0.2) is 60.8 Å². The summed E-state index contributed by atoms with van der Waals surface area (Å²) in [5.74, 6) is 0.317. The third kappa shape index (κ3) is 5.52. The Morgan fingerprint density at radius 1 is 1.00 bits per heavy atom. The summed E-state index contributed by atoms with van der Waals surface area (Å²) in [4.78, 5) is 32.1. The smallest absolute Gasteiger partial charge is 0.256 e. The highest BCUT2D eigenvalue weighted by molar-refractivity contribution is 5.98. The molecule has 2 amide bonds. The maximum Gasteiger partial charge on any atom is 0.256 e. The van der Waals surface area contributed by atoms with E-state index in [0.29, 0.717) is 35.2 Å². The summed E-state index contributed by atoms with van der Waals surface area (Å²) >= 11 is 0. The van der Waals surface area contributed by atoms with Crippen LogP contribution < -0.4 is 21.3 Å². The third-order valence-electron chi connectivity index (χ3n) is 4.00. The lowest BCUT2D eigenvalue weighted by molar-refractivity contribution is -0.114. The predicted molar refractivity (Wildman–Crippen MR) is 113 cm³/mol. The molecule has 0 saturated heterocycles. The molecule has 0 saturated carbocycles. The highest BCUT2D eigenvalue weighted by atomic mass is 16.2. The van der Waals surface area contributed by atoms with Gasteiger partial charge in [0.25, 0.3) is 5.91 Å². The number of carbonyl (C=O) groups excluding carboxylic acids is 2. The Morgan fingerprint density at radius 3 is 2.48 bits per heavy atom. The maximum absolute atomic E-state index is 12.2. The van der Waals surface area contributed by atoms with Gasteiger partial charge in [-0.2, -0.15) is 4.98 Å². The van der Waals surface area contributed by atoms with Gasteiger partial charge < -0.3 is 21.3 Å². The molecule has 0 aliphatic heterocycles. The average Bonchev–Trinajstić information content (AvgIpc) is 2.72.